The van der Waals surface area contributed by atoms with E-state index >= 15 is 0 Å². The molecule has 0 saturated heterocycles. The van der Waals surface area contributed by atoms with Crippen LogP contribution in [0.3, 0.4) is 0 Å². The minimum absolute atomic E-state index is 0.374. The zero-order chi connectivity index (χ0) is 27.5. The van der Waals surface area contributed by atoms with E-state index in [1.165, 1.54) is 0 Å². The summed E-state index contributed by atoms with van der Waals surface area (Å²) in [7, 11) is 0. The van der Waals surface area contributed by atoms with Gasteiger partial charge in [-0.2, -0.15) is 0 Å². The highest BCUT2D eigenvalue weighted by Gasteiger charge is 1.96. The number of hydrogen-bond donors (Lipinski definition) is 2. The fourth-order valence-electron chi connectivity index (χ4n) is 2.49. The van der Waals surface area contributed by atoms with Crippen LogP contribution in [-0.2, 0) is 56.9 Å². The highest BCUT2D eigenvalue weighted by molar-refractivity contribution is 4.39. The lowest BCUT2D eigenvalue weighted by molar-refractivity contribution is -0.0283. The molecule has 0 spiro atoms. The summed E-state index contributed by atoms with van der Waals surface area (Å²) in [5, 5.41) is 0. The third kappa shape index (κ3) is 35.4. The van der Waals surface area contributed by atoms with Gasteiger partial charge in [-0.1, -0.05) is 0 Å². The number of rotatable bonds is 35. The maximum absolute atomic E-state index is 5.45. The molecular weight excluding hydrogens is 508 g/mol. The summed E-state index contributed by atoms with van der Waals surface area (Å²) < 4.78 is 59.1. The number of ether oxygens (including phenoxy) is 11. The van der Waals surface area contributed by atoms with E-state index in [0.717, 1.165) is 0 Å². The second-order valence-corrected chi connectivity index (χ2v) is 7.40. The Bertz CT molecular complexity index is 381. The van der Waals surface area contributed by atoms with Crippen molar-refractivity contribution in [2.24, 2.45) is 11.6 Å². The van der Waals surface area contributed by atoms with Gasteiger partial charge in [-0.3, -0.25) is 0 Å². The molecule has 4 N–H and O–H groups in total. The summed E-state index contributed by atoms with van der Waals surface area (Å²) in [4.78, 5) is 4.39. The van der Waals surface area contributed by atoms with E-state index in [4.69, 9.17) is 63.7 Å². The third-order valence-electron chi connectivity index (χ3n) is 4.33. The van der Waals surface area contributed by atoms with E-state index in [1.54, 1.807) is 0 Å². The fourth-order valence-corrected chi connectivity index (χ4v) is 2.49. The summed E-state index contributed by atoms with van der Waals surface area (Å²) in [5.74, 6) is 4.88. The first-order valence-corrected chi connectivity index (χ1v) is 13.3. The van der Waals surface area contributed by atoms with E-state index in [1.807, 2.05) is 0 Å². The van der Waals surface area contributed by atoms with Gasteiger partial charge in [-0.25, -0.2) is 5.90 Å². The Labute approximate surface area is 227 Å². The average molecular weight is 561 g/mol. The molecule has 0 radical (unpaired) electrons. The number of nitrogens with two attached hydrogens (primary N) is 2. The Kier molecular flexibility index (Phi) is 35.9. The fraction of sp³-hybridized carbons (Fsp3) is 1.00. The molecule has 0 aromatic heterocycles. The van der Waals surface area contributed by atoms with Gasteiger partial charge in [0.05, 0.1) is 152 Å². The maximum atomic E-state index is 5.45. The van der Waals surface area contributed by atoms with Crippen LogP contribution in [-0.4, -0.2) is 159 Å². The molecule has 0 aliphatic carbocycles. The van der Waals surface area contributed by atoms with Crippen LogP contribution in [0.2, 0.25) is 0 Å². The van der Waals surface area contributed by atoms with Crippen molar-refractivity contribution >= 4 is 0 Å². The summed E-state index contributed by atoms with van der Waals surface area (Å²) in [6, 6.07) is 0. The van der Waals surface area contributed by atoms with E-state index in [0.29, 0.717) is 159 Å². The SMILES string of the molecule is NCCOCCOCCOCCOCCOCCOCCOCCOCCOCCOCCOCCON. The molecule has 14 heteroatoms. The first-order valence-electron chi connectivity index (χ1n) is 13.3. The molecule has 0 amide bonds. The van der Waals surface area contributed by atoms with E-state index in [9.17, 15) is 0 Å². The van der Waals surface area contributed by atoms with Crippen LogP contribution in [0.4, 0.5) is 0 Å². The van der Waals surface area contributed by atoms with Crippen molar-refractivity contribution in [3.8, 4) is 0 Å². The molecule has 0 saturated carbocycles. The predicted molar refractivity (Wildman–Crippen MR) is 138 cm³/mol. The van der Waals surface area contributed by atoms with Gasteiger partial charge in [0.25, 0.3) is 0 Å². The second kappa shape index (κ2) is 36.4. The van der Waals surface area contributed by atoms with Gasteiger partial charge in [0, 0.05) is 6.54 Å². The minimum Gasteiger partial charge on any atom is -0.378 e. The smallest absolute Gasteiger partial charge is 0.0913 e. The van der Waals surface area contributed by atoms with Crippen molar-refractivity contribution in [3.05, 3.63) is 0 Å². The third-order valence-corrected chi connectivity index (χ3v) is 4.33. The summed E-state index contributed by atoms with van der Waals surface area (Å²) in [5.41, 5.74) is 5.32. The van der Waals surface area contributed by atoms with Gasteiger partial charge in [0.1, 0.15) is 0 Å². The quantitative estimate of drug-likeness (QED) is 0.0718. The first-order chi connectivity index (χ1) is 18.9. The largest absolute Gasteiger partial charge is 0.378 e. The zero-order valence-corrected chi connectivity index (χ0v) is 23.0. The molecule has 0 aliphatic heterocycles. The van der Waals surface area contributed by atoms with Gasteiger partial charge in [0.15, 0.2) is 0 Å². The molecule has 14 nitrogen and oxygen atoms in total. The van der Waals surface area contributed by atoms with Gasteiger partial charge in [-0.15, -0.1) is 0 Å². The zero-order valence-electron chi connectivity index (χ0n) is 23.0. The summed E-state index contributed by atoms with van der Waals surface area (Å²) in [6.07, 6.45) is 0. The van der Waals surface area contributed by atoms with Crippen molar-refractivity contribution in [1.29, 1.82) is 0 Å². The van der Waals surface area contributed by atoms with Crippen LogP contribution in [0, 0.1) is 0 Å². The van der Waals surface area contributed by atoms with Crippen LogP contribution in [0.25, 0.3) is 0 Å². The molecule has 0 fully saturated rings. The van der Waals surface area contributed by atoms with Crippen molar-refractivity contribution in [3.63, 3.8) is 0 Å². The van der Waals surface area contributed by atoms with Crippen LogP contribution < -0.4 is 11.6 Å². The van der Waals surface area contributed by atoms with Crippen molar-refractivity contribution in [2.45, 2.75) is 0 Å². The lowest BCUT2D eigenvalue weighted by Crippen LogP contribution is -2.16. The lowest BCUT2D eigenvalue weighted by Gasteiger charge is -2.09. The van der Waals surface area contributed by atoms with Crippen LogP contribution >= 0.6 is 0 Å². The lowest BCUT2D eigenvalue weighted by atomic mass is 10.6. The summed E-state index contributed by atoms with van der Waals surface area (Å²) >= 11 is 0. The highest BCUT2D eigenvalue weighted by atomic mass is 16.6. The summed E-state index contributed by atoms with van der Waals surface area (Å²) in [6.45, 7) is 12.3. The molecule has 0 aliphatic rings. The minimum atomic E-state index is 0.374. The molecule has 230 valence electrons. The second-order valence-electron chi connectivity index (χ2n) is 7.40. The normalized spacial score (nSPS) is 11.5. The van der Waals surface area contributed by atoms with E-state index < -0.39 is 0 Å². The Morgan fingerprint density at radius 2 is 0.395 bits per heavy atom. The molecule has 0 heterocycles. The molecular formula is C24H52N2O12. The molecule has 0 bridgehead atoms. The average Bonchev–Trinajstić information content (AvgIpc) is 2.93. The van der Waals surface area contributed by atoms with Gasteiger partial charge in [-0.05, 0) is 0 Å². The predicted octanol–water partition coefficient (Wildman–Crippen LogP) is -0.982. The topological polar surface area (TPSA) is 163 Å². The van der Waals surface area contributed by atoms with Gasteiger partial charge < -0.3 is 62.7 Å². The van der Waals surface area contributed by atoms with Crippen molar-refractivity contribution in [2.75, 3.05) is 159 Å². The Balaban J connectivity index is 3.01. The first kappa shape index (κ1) is 37.4. The number of hydrogen-bond acceptors (Lipinski definition) is 14. The van der Waals surface area contributed by atoms with E-state index in [-0.39, 0.29) is 0 Å². The molecule has 0 atom stereocenters. The Morgan fingerprint density at radius 1 is 0.237 bits per heavy atom. The molecule has 0 unspecified atom stereocenters. The standard InChI is InChI=1S/C24H52N2O12/c25-1-2-27-3-4-28-5-6-29-7-8-30-9-10-31-11-12-32-13-14-33-15-16-34-17-18-35-19-20-36-21-22-37-23-24-38-26/h1-26H2. The maximum Gasteiger partial charge on any atom is 0.0913 e. The Morgan fingerprint density at radius 3 is 0.553 bits per heavy atom. The van der Waals surface area contributed by atoms with Crippen LogP contribution in [0.15, 0.2) is 0 Å². The van der Waals surface area contributed by atoms with Crippen LogP contribution in [0.1, 0.15) is 0 Å². The van der Waals surface area contributed by atoms with Crippen molar-refractivity contribution < 1.29 is 56.9 Å². The highest BCUT2D eigenvalue weighted by Crippen LogP contribution is 1.87. The van der Waals surface area contributed by atoms with Crippen LogP contribution in [0.5, 0.6) is 0 Å². The van der Waals surface area contributed by atoms with Crippen molar-refractivity contribution in [1.82, 2.24) is 0 Å². The molecule has 38 heavy (non-hydrogen) atoms. The molecule has 0 aromatic carbocycles. The van der Waals surface area contributed by atoms with Gasteiger partial charge in [0.2, 0.25) is 0 Å². The Hall–Kier alpha value is -0.560. The van der Waals surface area contributed by atoms with E-state index in [2.05, 4.69) is 4.84 Å². The molecule has 0 rings (SSSR count). The monoisotopic (exact) mass is 560 g/mol. The van der Waals surface area contributed by atoms with Gasteiger partial charge >= 0.3 is 0 Å². The molecule has 0 aromatic rings.